The number of nitrogens with zero attached hydrogens (tertiary/aromatic N) is 3. The number of amides is 1. The third-order valence-electron chi connectivity index (χ3n) is 3.52. The summed E-state index contributed by atoms with van der Waals surface area (Å²) < 4.78 is 19.6. The molecule has 0 bridgehead atoms. The minimum atomic E-state index is -0.523. The lowest BCUT2D eigenvalue weighted by Gasteiger charge is -2.29. The molecule has 0 atom stereocenters. The molecule has 0 N–H and O–H groups in total. The Morgan fingerprint density at radius 1 is 1.43 bits per heavy atom. The zero-order chi connectivity index (χ0) is 16.6. The number of ether oxygens (including phenoxy) is 1. The topological polar surface area (TPSA) is 55.3 Å². The molecule has 120 valence electrons. The molecule has 1 aliphatic heterocycles. The Morgan fingerprint density at radius 3 is 2.96 bits per heavy atom. The summed E-state index contributed by atoms with van der Waals surface area (Å²) in [7, 11) is 0. The van der Waals surface area contributed by atoms with Crippen molar-refractivity contribution < 1.29 is 13.9 Å². The first-order valence-electron chi connectivity index (χ1n) is 7.24. The van der Waals surface area contributed by atoms with Gasteiger partial charge < -0.3 is 4.74 Å². The Bertz CT molecular complexity index is 767. The number of hydrogen-bond donors (Lipinski definition) is 0. The van der Waals surface area contributed by atoms with Gasteiger partial charge in [-0.1, -0.05) is 31.5 Å². The molecule has 23 heavy (non-hydrogen) atoms. The SMILES string of the molecule is CC(C)c1ncc(Cl)c(C(=O)N2CCOc3cccc(F)c32)n1. The van der Waals surface area contributed by atoms with E-state index in [1.165, 1.54) is 23.2 Å². The number of carbonyl (C=O) groups excluding carboxylic acids is 1. The van der Waals surface area contributed by atoms with Gasteiger partial charge in [0.15, 0.2) is 11.5 Å². The summed E-state index contributed by atoms with van der Waals surface area (Å²) in [6, 6.07) is 4.45. The van der Waals surface area contributed by atoms with Gasteiger partial charge in [0, 0.05) is 5.92 Å². The van der Waals surface area contributed by atoms with Gasteiger partial charge in [-0.15, -0.1) is 0 Å². The van der Waals surface area contributed by atoms with E-state index in [1.54, 1.807) is 6.07 Å². The summed E-state index contributed by atoms with van der Waals surface area (Å²) in [6.45, 7) is 4.34. The molecule has 0 saturated carbocycles. The molecule has 1 aromatic heterocycles. The summed E-state index contributed by atoms with van der Waals surface area (Å²) in [5.41, 5.74) is 0.186. The summed E-state index contributed by atoms with van der Waals surface area (Å²) >= 11 is 6.08. The second-order valence-corrected chi connectivity index (χ2v) is 5.88. The Morgan fingerprint density at radius 2 is 2.22 bits per heavy atom. The lowest BCUT2D eigenvalue weighted by molar-refractivity contribution is 0.0970. The molecule has 1 aromatic carbocycles. The molecule has 1 aliphatic rings. The van der Waals surface area contributed by atoms with Crippen molar-refractivity contribution in [3.63, 3.8) is 0 Å². The molecule has 0 radical (unpaired) electrons. The van der Waals surface area contributed by atoms with Gasteiger partial charge in [-0.2, -0.15) is 0 Å². The van der Waals surface area contributed by atoms with Crippen LogP contribution in [0.1, 0.15) is 36.1 Å². The molecule has 0 aliphatic carbocycles. The van der Waals surface area contributed by atoms with E-state index in [4.69, 9.17) is 16.3 Å². The number of rotatable bonds is 2. The zero-order valence-corrected chi connectivity index (χ0v) is 13.5. The van der Waals surface area contributed by atoms with Crippen molar-refractivity contribution in [2.24, 2.45) is 0 Å². The molecule has 0 spiro atoms. The molecule has 0 unspecified atom stereocenters. The van der Waals surface area contributed by atoms with E-state index in [1.807, 2.05) is 13.8 Å². The Balaban J connectivity index is 2.05. The van der Waals surface area contributed by atoms with Crippen molar-refractivity contribution in [3.8, 4) is 5.75 Å². The molecular weight excluding hydrogens is 321 g/mol. The lowest BCUT2D eigenvalue weighted by atomic mass is 10.2. The monoisotopic (exact) mass is 335 g/mol. The molecule has 2 heterocycles. The highest BCUT2D eigenvalue weighted by molar-refractivity contribution is 6.34. The number of aromatic nitrogens is 2. The standard InChI is InChI=1S/C16H15ClFN3O2/c1-9(2)15-19-8-10(17)13(20-15)16(22)21-6-7-23-12-5-3-4-11(18)14(12)21/h3-5,8-9H,6-7H2,1-2H3. The number of benzene rings is 1. The average molecular weight is 336 g/mol. The maximum atomic E-state index is 14.2. The normalized spacial score (nSPS) is 13.7. The van der Waals surface area contributed by atoms with Crippen LogP contribution in [0, 0.1) is 5.82 Å². The predicted octanol–water partition coefficient (Wildman–Crippen LogP) is 3.43. The largest absolute Gasteiger partial charge is 0.489 e. The fourth-order valence-corrected chi connectivity index (χ4v) is 2.54. The Kier molecular flexibility index (Phi) is 4.17. The van der Waals surface area contributed by atoms with Crippen LogP contribution in [0.3, 0.4) is 0 Å². The molecule has 5 nitrogen and oxygen atoms in total. The van der Waals surface area contributed by atoms with Crippen molar-refractivity contribution in [3.05, 3.63) is 46.8 Å². The van der Waals surface area contributed by atoms with Crippen LogP contribution in [0.15, 0.2) is 24.4 Å². The molecule has 2 aromatic rings. The number of hydrogen-bond acceptors (Lipinski definition) is 4. The van der Waals surface area contributed by atoms with E-state index >= 15 is 0 Å². The van der Waals surface area contributed by atoms with Crippen LogP contribution >= 0.6 is 11.6 Å². The van der Waals surface area contributed by atoms with Gasteiger partial charge in [-0.05, 0) is 12.1 Å². The van der Waals surface area contributed by atoms with Crippen LogP contribution < -0.4 is 9.64 Å². The van der Waals surface area contributed by atoms with Gasteiger partial charge >= 0.3 is 0 Å². The molecule has 1 amide bonds. The summed E-state index contributed by atoms with van der Waals surface area (Å²) in [6.07, 6.45) is 1.40. The predicted molar refractivity (Wildman–Crippen MR) is 84.7 cm³/mol. The van der Waals surface area contributed by atoms with E-state index in [-0.39, 0.29) is 35.5 Å². The molecule has 3 rings (SSSR count). The minimum absolute atomic E-state index is 0.0486. The molecular formula is C16H15ClFN3O2. The maximum Gasteiger partial charge on any atom is 0.278 e. The van der Waals surface area contributed by atoms with E-state index in [0.29, 0.717) is 11.6 Å². The smallest absolute Gasteiger partial charge is 0.278 e. The fraction of sp³-hybridized carbons (Fsp3) is 0.312. The highest BCUT2D eigenvalue weighted by atomic mass is 35.5. The van der Waals surface area contributed by atoms with Gasteiger partial charge in [0.05, 0.1) is 17.8 Å². The second-order valence-electron chi connectivity index (χ2n) is 5.47. The van der Waals surface area contributed by atoms with Crippen molar-refractivity contribution in [2.75, 3.05) is 18.1 Å². The van der Waals surface area contributed by atoms with E-state index in [2.05, 4.69) is 9.97 Å². The van der Waals surface area contributed by atoms with E-state index in [0.717, 1.165) is 0 Å². The Hall–Kier alpha value is -2.21. The highest BCUT2D eigenvalue weighted by Crippen LogP contribution is 2.35. The van der Waals surface area contributed by atoms with E-state index < -0.39 is 11.7 Å². The fourth-order valence-electron chi connectivity index (χ4n) is 2.37. The van der Waals surface area contributed by atoms with Crippen LogP contribution in [-0.2, 0) is 0 Å². The number of fused-ring (bicyclic) bond motifs is 1. The average Bonchev–Trinajstić information content (AvgIpc) is 2.54. The first-order chi connectivity index (χ1) is 11.0. The summed E-state index contributed by atoms with van der Waals surface area (Å²) in [5, 5.41) is 0.142. The second kappa shape index (κ2) is 6.12. The van der Waals surface area contributed by atoms with Gasteiger partial charge in [0.1, 0.15) is 23.9 Å². The van der Waals surface area contributed by atoms with Gasteiger partial charge in [-0.3, -0.25) is 9.69 Å². The van der Waals surface area contributed by atoms with Crippen LogP contribution in [0.5, 0.6) is 5.75 Å². The number of anilines is 1. The molecule has 0 fully saturated rings. The maximum absolute atomic E-state index is 14.2. The number of halogens is 2. The first kappa shape index (κ1) is 15.7. The minimum Gasteiger partial charge on any atom is -0.489 e. The zero-order valence-electron chi connectivity index (χ0n) is 12.7. The van der Waals surface area contributed by atoms with Crippen LogP contribution in [0.2, 0.25) is 5.02 Å². The number of para-hydroxylation sites is 1. The van der Waals surface area contributed by atoms with E-state index in [9.17, 15) is 9.18 Å². The summed E-state index contributed by atoms with van der Waals surface area (Å²) in [4.78, 5) is 22.5. The summed E-state index contributed by atoms with van der Waals surface area (Å²) in [5.74, 6) is -0.0927. The highest BCUT2D eigenvalue weighted by Gasteiger charge is 2.30. The third-order valence-corrected chi connectivity index (χ3v) is 3.80. The van der Waals surface area contributed by atoms with Crippen molar-refractivity contribution in [1.82, 2.24) is 9.97 Å². The van der Waals surface area contributed by atoms with Gasteiger partial charge in [0.2, 0.25) is 0 Å². The van der Waals surface area contributed by atoms with Crippen molar-refractivity contribution in [2.45, 2.75) is 19.8 Å². The quantitative estimate of drug-likeness (QED) is 0.843. The van der Waals surface area contributed by atoms with Crippen LogP contribution in [0.4, 0.5) is 10.1 Å². The van der Waals surface area contributed by atoms with Gasteiger partial charge in [-0.25, -0.2) is 14.4 Å². The Labute approximate surface area is 138 Å². The van der Waals surface area contributed by atoms with Crippen molar-refractivity contribution in [1.29, 1.82) is 0 Å². The van der Waals surface area contributed by atoms with Crippen LogP contribution in [0.25, 0.3) is 0 Å². The molecule has 7 heteroatoms. The molecule has 0 saturated heterocycles. The number of carbonyl (C=O) groups is 1. The first-order valence-corrected chi connectivity index (χ1v) is 7.62. The van der Waals surface area contributed by atoms with Crippen molar-refractivity contribution >= 4 is 23.2 Å². The van der Waals surface area contributed by atoms with Crippen LogP contribution in [-0.4, -0.2) is 29.0 Å². The lowest BCUT2D eigenvalue weighted by Crippen LogP contribution is -2.39. The third kappa shape index (κ3) is 2.86. The van der Waals surface area contributed by atoms with Gasteiger partial charge in [0.25, 0.3) is 5.91 Å².